The molecule has 0 radical (unpaired) electrons. The summed E-state index contributed by atoms with van der Waals surface area (Å²) < 4.78 is 0. The number of benzene rings is 1. The maximum absolute atomic E-state index is 11.8. The fraction of sp³-hybridized carbons (Fsp3) is 0.429. The fourth-order valence-corrected chi connectivity index (χ4v) is 1.85. The number of rotatable bonds is 3. The van der Waals surface area contributed by atoms with Crippen molar-refractivity contribution in [3.05, 3.63) is 35.4 Å². The minimum Gasteiger partial charge on any atom is -0.273 e. The summed E-state index contributed by atoms with van der Waals surface area (Å²) in [4.78, 5) is 23.3. The molecule has 0 aliphatic heterocycles. The van der Waals surface area contributed by atoms with Gasteiger partial charge in [0.15, 0.2) is 0 Å². The fourth-order valence-electron chi connectivity index (χ4n) is 1.85. The van der Waals surface area contributed by atoms with Crippen LogP contribution in [0.1, 0.15) is 42.1 Å². The standard InChI is InChI=1S/C14H18N2O2/c1-2-10-6-8-12(9-7-10)14(18)16-15-13(17)11-4-3-5-11/h6-9,11H,2-5H2,1H3,(H,15,17)(H,16,18). The first-order valence-corrected chi connectivity index (χ1v) is 6.40. The van der Waals surface area contributed by atoms with Crippen LogP contribution in [-0.4, -0.2) is 11.8 Å². The number of carbonyl (C=O) groups excluding carboxylic acids is 2. The largest absolute Gasteiger partial charge is 0.273 e. The van der Waals surface area contributed by atoms with Gasteiger partial charge in [0, 0.05) is 11.5 Å². The molecule has 2 amide bonds. The van der Waals surface area contributed by atoms with Crippen LogP contribution >= 0.6 is 0 Å². The SMILES string of the molecule is CCc1ccc(C(=O)NNC(=O)C2CCC2)cc1. The van der Waals surface area contributed by atoms with Crippen molar-refractivity contribution in [2.45, 2.75) is 32.6 Å². The zero-order chi connectivity index (χ0) is 13.0. The molecule has 1 aliphatic carbocycles. The van der Waals surface area contributed by atoms with Gasteiger partial charge in [-0.1, -0.05) is 25.5 Å². The Balaban J connectivity index is 1.84. The average Bonchev–Trinajstić information content (AvgIpc) is 2.34. The van der Waals surface area contributed by atoms with Crippen molar-refractivity contribution in [3.8, 4) is 0 Å². The highest BCUT2D eigenvalue weighted by molar-refractivity contribution is 5.95. The summed E-state index contributed by atoms with van der Waals surface area (Å²) in [6.07, 6.45) is 3.89. The van der Waals surface area contributed by atoms with Gasteiger partial charge in [0.2, 0.25) is 5.91 Å². The van der Waals surface area contributed by atoms with E-state index in [1.165, 1.54) is 5.56 Å². The monoisotopic (exact) mass is 246 g/mol. The lowest BCUT2D eigenvalue weighted by Gasteiger charge is -2.23. The third-order valence-electron chi connectivity index (χ3n) is 3.40. The Labute approximate surface area is 107 Å². The van der Waals surface area contributed by atoms with Gasteiger partial charge in [-0.05, 0) is 37.0 Å². The first kappa shape index (κ1) is 12.6. The molecule has 0 bridgehead atoms. The zero-order valence-electron chi connectivity index (χ0n) is 10.5. The van der Waals surface area contributed by atoms with Crippen LogP contribution in [0.25, 0.3) is 0 Å². The van der Waals surface area contributed by atoms with Crippen molar-refractivity contribution in [2.75, 3.05) is 0 Å². The normalized spacial score (nSPS) is 14.7. The molecule has 0 atom stereocenters. The number of aryl methyl sites for hydroxylation is 1. The van der Waals surface area contributed by atoms with Crippen LogP contribution in [0.15, 0.2) is 24.3 Å². The molecule has 1 aromatic rings. The van der Waals surface area contributed by atoms with Gasteiger partial charge < -0.3 is 0 Å². The highest BCUT2D eigenvalue weighted by atomic mass is 16.2. The summed E-state index contributed by atoms with van der Waals surface area (Å²) in [5, 5.41) is 0. The van der Waals surface area contributed by atoms with Crippen molar-refractivity contribution in [1.29, 1.82) is 0 Å². The molecule has 1 fully saturated rings. The van der Waals surface area contributed by atoms with E-state index < -0.39 is 0 Å². The third kappa shape index (κ3) is 2.88. The van der Waals surface area contributed by atoms with Crippen molar-refractivity contribution >= 4 is 11.8 Å². The van der Waals surface area contributed by atoms with Crippen LogP contribution in [0.3, 0.4) is 0 Å². The van der Waals surface area contributed by atoms with Crippen LogP contribution in [0.4, 0.5) is 0 Å². The lowest BCUT2D eigenvalue weighted by atomic mass is 9.85. The summed E-state index contributed by atoms with van der Waals surface area (Å²) >= 11 is 0. The summed E-state index contributed by atoms with van der Waals surface area (Å²) in [6, 6.07) is 7.37. The number of hydrogen-bond acceptors (Lipinski definition) is 2. The number of nitrogens with one attached hydrogen (secondary N) is 2. The smallest absolute Gasteiger partial charge is 0.269 e. The quantitative estimate of drug-likeness (QED) is 0.799. The van der Waals surface area contributed by atoms with Crippen molar-refractivity contribution in [3.63, 3.8) is 0 Å². The molecule has 0 unspecified atom stereocenters. The van der Waals surface area contributed by atoms with E-state index in [9.17, 15) is 9.59 Å². The van der Waals surface area contributed by atoms with Gasteiger partial charge >= 0.3 is 0 Å². The number of hydrazine groups is 1. The molecule has 4 nitrogen and oxygen atoms in total. The topological polar surface area (TPSA) is 58.2 Å². The van der Waals surface area contributed by atoms with E-state index in [0.717, 1.165) is 25.7 Å². The molecule has 96 valence electrons. The lowest BCUT2D eigenvalue weighted by Crippen LogP contribution is -2.46. The van der Waals surface area contributed by atoms with Gasteiger partial charge in [0.1, 0.15) is 0 Å². The number of carbonyl (C=O) groups is 2. The maximum atomic E-state index is 11.8. The molecule has 0 saturated heterocycles. The molecule has 1 aromatic carbocycles. The highest BCUT2D eigenvalue weighted by Gasteiger charge is 2.25. The van der Waals surface area contributed by atoms with Crippen LogP contribution in [0.5, 0.6) is 0 Å². The van der Waals surface area contributed by atoms with E-state index in [1.54, 1.807) is 12.1 Å². The summed E-state index contributed by atoms with van der Waals surface area (Å²) in [5.41, 5.74) is 6.66. The van der Waals surface area contributed by atoms with E-state index in [-0.39, 0.29) is 17.7 Å². The minimum atomic E-state index is -0.273. The van der Waals surface area contributed by atoms with Gasteiger partial charge in [0.25, 0.3) is 5.91 Å². The second-order valence-electron chi connectivity index (χ2n) is 4.62. The van der Waals surface area contributed by atoms with Gasteiger partial charge in [-0.25, -0.2) is 0 Å². The van der Waals surface area contributed by atoms with Crippen LogP contribution in [0.2, 0.25) is 0 Å². The van der Waals surface area contributed by atoms with E-state index in [2.05, 4.69) is 17.8 Å². The summed E-state index contributed by atoms with van der Waals surface area (Å²) in [6.45, 7) is 2.06. The molecule has 1 aliphatic rings. The van der Waals surface area contributed by atoms with Gasteiger partial charge in [-0.2, -0.15) is 0 Å². The van der Waals surface area contributed by atoms with Crippen molar-refractivity contribution in [1.82, 2.24) is 10.9 Å². The molecule has 0 heterocycles. The molecule has 2 rings (SSSR count). The highest BCUT2D eigenvalue weighted by Crippen LogP contribution is 2.25. The minimum absolute atomic E-state index is 0.0766. The van der Waals surface area contributed by atoms with Crippen LogP contribution < -0.4 is 10.9 Å². The predicted molar refractivity (Wildman–Crippen MR) is 68.8 cm³/mol. The second kappa shape index (κ2) is 5.67. The first-order valence-electron chi connectivity index (χ1n) is 6.40. The zero-order valence-corrected chi connectivity index (χ0v) is 10.5. The molecule has 4 heteroatoms. The van der Waals surface area contributed by atoms with Crippen molar-refractivity contribution < 1.29 is 9.59 Å². The Morgan fingerprint density at radius 1 is 1.17 bits per heavy atom. The maximum Gasteiger partial charge on any atom is 0.269 e. The van der Waals surface area contributed by atoms with E-state index >= 15 is 0 Å². The second-order valence-corrected chi connectivity index (χ2v) is 4.62. The lowest BCUT2D eigenvalue weighted by molar-refractivity contribution is -0.128. The molecule has 0 spiro atoms. The Kier molecular flexibility index (Phi) is 3.97. The van der Waals surface area contributed by atoms with Gasteiger partial charge in [-0.15, -0.1) is 0 Å². The number of amides is 2. The summed E-state index contributed by atoms with van der Waals surface area (Å²) in [5.74, 6) is -0.280. The Morgan fingerprint density at radius 3 is 2.33 bits per heavy atom. The van der Waals surface area contributed by atoms with E-state index in [4.69, 9.17) is 0 Å². The molecular weight excluding hydrogens is 228 g/mol. The Hall–Kier alpha value is -1.84. The van der Waals surface area contributed by atoms with Crippen LogP contribution in [0, 0.1) is 5.92 Å². The van der Waals surface area contributed by atoms with Crippen LogP contribution in [-0.2, 0) is 11.2 Å². The van der Waals surface area contributed by atoms with E-state index in [0.29, 0.717) is 5.56 Å². The molecule has 0 aromatic heterocycles. The van der Waals surface area contributed by atoms with Gasteiger partial charge in [-0.3, -0.25) is 20.4 Å². The molecular formula is C14H18N2O2. The Morgan fingerprint density at radius 2 is 1.83 bits per heavy atom. The predicted octanol–water partition coefficient (Wildman–Crippen LogP) is 1.81. The molecule has 1 saturated carbocycles. The molecule has 18 heavy (non-hydrogen) atoms. The van der Waals surface area contributed by atoms with E-state index in [1.807, 2.05) is 12.1 Å². The average molecular weight is 246 g/mol. The molecule has 2 N–H and O–H groups in total. The summed E-state index contributed by atoms with van der Waals surface area (Å²) in [7, 11) is 0. The van der Waals surface area contributed by atoms with Gasteiger partial charge in [0.05, 0.1) is 0 Å². The number of hydrogen-bond donors (Lipinski definition) is 2. The first-order chi connectivity index (χ1) is 8.70. The third-order valence-corrected chi connectivity index (χ3v) is 3.40. The van der Waals surface area contributed by atoms with Crippen molar-refractivity contribution in [2.24, 2.45) is 5.92 Å². The Bertz CT molecular complexity index is 436.